The molecule has 0 amide bonds. The second-order valence-electron chi connectivity index (χ2n) is 6.81. The number of likely N-dealkylation sites (tertiary alicyclic amines) is 1. The van der Waals surface area contributed by atoms with Gasteiger partial charge >= 0.3 is 5.97 Å². The molecule has 1 fully saturated rings. The van der Waals surface area contributed by atoms with Gasteiger partial charge in [-0.15, -0.1) is 0 Å². The van der Waals surface area contributed by atoms with Crippen LogP contribution in [0.3, 0.4) is 0 Å². The minimum absolute atomic E-state index is 0.282. The van der Waals surface area contributed by atoms with Gasteiger partial charge in [-0.05, 0) is 65.5 Å². The lowest BCUT2D eigenvalue weighted by atomic mass is 9.94. The van der Waals surface area contributed by atoms with Crippen molar-refractivity contribution in [2.75, 3.05) is 19.7 Å². The Kier molecular flexibility index (Phi) is 7.67. The van der Waals surface area contributed by atoms with E-state index >= 15 is 0 Å². The topological polar surface area (TPSA) is 55.6 Å². The fourth-order valence-corrected chi connectivity index (χ4v) is 3.45. The first-order chi connectivity index (χ1) is 9.90. The Hall–Kier alpha value is -0.610. The van der Waals surface area contributed by atoms with E-state index in [2.05, 4.69) is 18.7 Å². The zero-order valence-corrected chi connectivity index (χ0v) is 14.4. The molecule has 0 aromatic rings. The Morgan fingerprint density at radius 2 is 2.10 bits per heavy atom. The van der Waals surface area contributed by atoms with E-state index in [0.29, 0.717) is 19.1 Å². The molecule has 1 aliphatic heterocycles. The first-order valence-electron chi connectivity index (χ1n) is 8.60. The minimum atomic E-state index is -0.884. The van der Waals surface area contributed by atoms with Crippen LogP contribution in [-0.4, -0.2) is 42.1 Å². The van der Waals surface area contributed by atoms with Crippen molar-refractivity contribution in [3.63, 3.8) is 0 Å². The van der Waals surface area contributed by atoms with E-state index in [0.717, 1.165) is 19.0 Å². The molecule has 124 valence electrons. The molecule has 1 heterocycles. The van der Waals surface area contributed by atoms with E-state index in [4.69, 9.17) is 10.5 Å². The van der Waals surface area contributed by atoms with Crippen LogP contribution in [0.1, 0.15) is 66.2 Å². The van der Waals surface area contributed by atoms with Crippen LogP contribution in [0.2, 0.25) is 0 Å². The number of carbonyl (C=O) groups excluding carboxylic acids is 1. The summed E-state index contributed by atoms with van der Waals surface area (Å²) in [7, 11) is 0. The maximum absolute atomic E-state index is 11.9. The van der Waals surface area contributed by atoms with Crippen LogP contribution in [-0.2, 0) is 9.53 Å². The lowest BCUT2D eigenvalue weighted by molar-refractivity contribution is -0.149. The van der Waals surface area contributed by atoms with Crippen molar-refractivity contribution < 1.29 is 9.53 Å². The molecule has 0 saturated carbocycles. The molecule has 1 saturated heterocycles. The number of ether oxygens (including phenoxy) is 1. The summed E-state index contributed by atoms with van der Waals surface area (Å²) in [5, 5.41) is 0. The summed E-state index contributed by atoms with van der Waals surface area (Å²) >= 11 is 0. The first kappa shape index (κ1) is 18.4. The molecule has 3 atom stereocenters. The Bertz CT molecular complexity index is 318. The van der Waals surface area contributed by atoms with Crippen LogP contribution in [0.15, 0.2) is 0 Å². The van der Waals surface area contributed by atoms with Crippen LogP contribution in [0.25, 0.3) is 0 Å². The first-order valence-corrected chi connectivity index (χ1v) is 8.60. The predicted molar refractivity (Wildman–Crippen MR) is 87.1 cm³/mol. The fraction of sp³-hybridized carbons (Fsp3) is 0.941. The molecule has 0 bridgehead atoms. The maximum Gasteiger partial charge on any atom is 0.325 e. The zero-order chi connectivity index (χ0) is 15.9. The van der Waals surface area contributed by atoms with Crippen molar-refractivity contribution in [2.45, 2.75) is 77.8 Å². The monoisotopic (exact) mass is 298 g/mol. The number of rotatable bonds is 7. The molecule has 0 spiro atoms. The zero-order valence-electron chi connectivity index (χ0n) is 14.4. The molecule has 0 aromatic heterocycles. The molecule has 1 rings (SSSR count). The van der Waals surface area contributed by atoms with Crippen molar-refractivity contribution in [3.05, 3.63) is 0 Å². The summed E-state index contributed by atoms with van der Waals surface area (Å²) in [4.78, 5) is 14.4. The van der Waals surface area contributed by atoms with Crippen LogP contribution >= 0.6 is 0 Å². The molecule has 3 unspecified atom stereocenters. The Labute approximate surface area is 130 Å². The van der Waals surface area contributed by atoms with Gasteiger partial charge in [0.1, 0.15) is 5.54 Å². The molecule has 0 radical (unpaired) electrons. The van der Waals surface area contributed by atoms with Crippen molar-refractivity contribution in [1.82, 2.24) is 4.90 Å². The number of hydrogen-bond acceptors (Lipinski definition) is 4. The lowest BCUT2D eigenvalue weighted by Crippen LogP contribution is -2.51. The van der Waals surface area contributed by atoms with E-state index < -0.39 is 5.54 Å². The van der Waals surface area contributed by atoms with Gasteiger partial charge in [-0.25, -0.2) is 0 Å². The average Bonchev–Trinajstić information content (AvgIpc) is 2.64. The summed E-state index contributed by atoms with van der Waals surface area (Å²) in [5.41, 5.74) is 5.28. The van der Waals surface area contributed by atoms with Crippen LogP contribution < -0.4 is 5.73 Å². The average molecular weight is 298 g/mol. The Balaban J connectivity index is 2.51. The normalized spacial score (nSPS) is 24.9. The highest BCUT2D eigenvalue weighted by molar-refractivity contribution is 5.80. The van der Waals surface area contributed by atoms with Crippen molar-refractivity contribution >= 4 is 5.97 Å². The molecule has 1 aliphatic rings. The quantitative estimate of drug-likeness (QED) is 0.734. The van der Waals surface area contributed by atoms with Gasteiger partial charge in [-0.2, -0.15) is 0 Å². The molecule has 21 heavy (non-hydrogen) atoms. The number of hydrogen-bond donors (Lipinski definition) is 1. The third-order valence-electron chi connectivity index (χ3n) is 4.66. The van der Waals surface area contributed by atoms with Crippen LogP contribution in [0.5, 0.6) is 0 Å². The second-order valence-corrected chi connectivity index (χ2v) is 6.81. The summed E-state index contributed by atoms with van der Waals surface area (Å²) in [5.74, 6) is 0.594. The SMILES string of the molecule is CCCC1CCCN(C(C)CC(C)(N)C(=O)OCC)CC1. The Morgan fingerprint density at radius 1 is 1.38 bits per heavy atom. The van der Waals surface area contributed by atoms with Crippen LogP contribution in [0, 0.1) is 5.92 Å². The summed E-state index contributed by atoms with van der Waals surface area (Å²) < 4.78 is 5.09. The van der Waals surface area contributed by atoms with Crippen molar-refractivity contribution in [1.29, 1.82) is 0 Å². The smallest absolute Gasteiger partial charge is 0.325 e. The van der Waals surface area contributed by atoms with E-state index in [1.54, 1.807) is 6.92 Å². The third-order valence-corrected chi connectivity index (χ3v) is 4.66. The highest BCUT2D eigenvalue weighted by Gasteiger charge is 2.33. The highest BCUT2D eigenvalue weighted by atomic mass is 16.5. The summed E-state index contributed by atoms with van der Waals surface area (Å²) in [6.07, 6.45) is 7.16. The standard InChI is InChI=1S/C17H34N2O2/c1-5-8-15-9-7-11-19(12-10-15)14(3)13-17(4,18)16(20)21-6-2/h14-15H,5-13,18H2,1-4H3. The fourth-order valence-electron chi connectivity index (χ4n) is 3.45. The molecule has 4 nitrogen and oxygen atoms in total. The Morgan fingerprint density at radius 3 is 2.71 bits per heavy atom. The number of nitrogens with two attached hydrogens (primary N) is 1. The van der Waals surface area contributed by atoms with Gasteiger partial charge in [-0.3, -0.25) is 4.79 Å². The number of esters is 1. The van der Waals surface area contributed by atoms with E-state index in [9.17, 15) is 4.79 Å². The van der Waals surface area contributed by atoms with Gasteiger partial charge < -0.3 is 15.4 Å². The van der Waals surface area contributed by atoms with Crippen LogP contribution in [0.4, 0.5) is 0 Å². The van der Waals surface area contributed by atoms with Gasteiger partial charge in [0.15, 0.2) is 0 Å². The molecule has 2 N–H and O–H groups in total. The molecular weight excluding hydrogens is 264 g/mol. The number of nitrogens with zero attached hydrogens (tertiary/aromatic N) is 1. The maximum atomic E-state index is 11.9. The van der Waals surface area contributed by atoms with Gasteiger partial charge in [0.25, 0.3) is 0 Å². The van der Waals surface area contributed by atoms with Gasteiger partial charge in [0, 0.05) is 6.04 Å². The lowest BCUT2D eigenvalue weighted by Gasteiger charge is -2.33. The van der Waals surface area contributed by atoms with Gasteiger partial charge in [-0.1, -0.05) is 19.8 Å². The molecule has 4 heteroatoms. The van der Waals surface area contributed by atoms with E-state index in [1.165, 1.54) is 32.1 Å². The van der Waals surface area contributed by atoms with Gasteiger partial charge in [0.05, 0.1) is 6.61 Å². The van der Waals surface area contributed by atoms with Crippen molar-refractivity contribution in [2.24, 2.45) is 11.7 Å². The van der Waals surface area contributed by atoms with Gasteiger partial charge in [0.2, 0.25) is 0 Å². The van der Waals surface area contributed by atoms with E-state index in [1.807, 2.05) is 6.92 Å². The number of carbonyl (C=O) groups is 1. The summed E-state index contributed by atoms with van der Waals surface area (Å²) in [6.45, 7) is 10.7. The molecular formula is C17H34N2O2. The van der Waals surface area contributed by atoms with E-state index in [-0.39, 0.29) is 5.97 Å². The second kappa shape index (κ2) is 8.74. The predicted octanol–water partition coefficient (Wildman–Crippen LogP) is 2.95. The molecule has 0 aromatic carbocycles. The minimum Gasteiger partial charge on any atom is -0.465 e. The highest BCUT2D eigenvalue weighted by Crippen LogP contribution is 2.25. The van der Waals surface area contributed by atoms with Crippen molar-refractivity contribution in [3.8, 4) is 0 Å². The molecule has 0 aliphatic carbocycles. The largest absolute Gasteiger partial charge is 0.465 e. The third kappa shape index (κ3) is 5.95. The summed E-state index contributed by atoms with van der Waals surface area (Å²) in [6, 6.07) is 0.324.